The van der Waals surface area contributed by atoms with Gasteiger partial charge in [-0.15, -0.1) is 0 Å². The van der Waals surface area contributed by atoms with E-state index in [0.717, 1.165) is 11.1 Å². The quantitative estimate of drug-likeness (QED) is 0.502. The molecule has 0 heterocycles. The maximum atomic E-state index is 12.0. The predicted molar refractivity (Wildman–Crippen MR) is 112 cm³/mol. The summed E-state index contributed by atoms with van der Waals surface area (Å²) in [5.74, 6) is 1.16. The van der Waals surface area contributed by atoms with Gasteiger partial charge >= 0.3 is 0 Å². The molecule has 0 aliphatic rings. The van der Waals surface area contributed by atoms with E-state index in [1.165, 1.54) is 0 Å². The number of amides is 2. The fourth-order valence-corrected chi connectivity index (χ4v) is 2.79. The molecular formula is C22H29N3O4. The Balaban J connectivity index is 1.63. The molecule has 0 radical (unpaired) electrons. The van der Waals surface area contributed by atoms with Crippen molar-refractivity contribution in [3.8, 4) is 11.5 Å². The summed E-state index contributed by atoms with van der Waals surface area (Å²) in [6.07, 6.45) is 1.66. The average Bonchev–Trinajstić information content (AvgIpc) is 2.77. The predicted octanol–water partition coefficient (Wildman–Crippen LogP) is 2.03. The summed E-state index contributed by atoms with van der Waals surface area (Å²) in [7, 11) is 3.17. The van der Waals surface area contributed by atoms with Crippen LogP contribution in [0, 0.1) is 0 Å². The van der Waals surface area contributed by atoms with E-state index >= 15 is 0 Å². The van der Waals surface area contributed by atoms with E-state index in [9.17, 15) is 9.59 Å². The van der Waals surface area contributed by atoms with Crippen LogP contribution in [0.2, 0.25) is 0 Å². The molecule has 4 N–H and O–H groups in total. The van der Waals surface area contributed by atoms with Gasteiger partial charge in [0.1, 0.15) is 0 Å². The zero-order valence-corrected chi connectivity index (χ0v) is 17.0. The molecule has 0 saturated heterocycles. The first-order valence-corrected chi connectivity index (χ1v) is 9.62. The highest BCUT2D eigenvalue weighted by molar-refractivity contribution is 5.94. The van der Waals surface area contributed by atoms with Gasteiger partial charge in [0, 0.05) is 31.6 Å². The van der Waals surface area contributed by atoms with Crippen molar-refractivity contribution in [1.29, 1.82) is 0 Å². The number of nitrogens with one attached hydrogen (secondary N) is 2. The van der Waals surface area contributed by atoms with Gasteiger partial charge in [-0.25, -0.2) is 0 Å². The van der Waals surface area contributed by atoms with Crippen LogP contribution >= 0.6 is 0 Å². The average molecular weight is 399 g/mol. The number of hydrogen-bond donors (Lipinski definition) is 3. The Bertz CT molecular complexity index is 806. The van der Waals surface area contributed by atoms with Crippen LogP contribution in [-0.2, 0) is 17.8 Å². The Hall–Kier alpha value is -3.06. The largest absolute Gasteiger partial charge is 0.493 e. The molecule has 2 aromatic rings. The van der Waals surface area contributed by atoms with E-state index in [2.05, 4.69) is 10.6 Å². The van der Waals surface area contributed by atoms with Crippen molar-refractivity contribution in [2.45, 2.75) is 25.8 Å². The number of rotatable bonds is 11. The van der Waals surface area contributed by atoms with Gasteiger partial charge in [-0.1, -0.05) is 18.2 Å². The monoisotopic (exact) mass is 399 g/mol. The Morgan fingerprint density at radius 1 is 0.897 bits per heavy atom. The van der Waals surface area contributed by atoms with E-state index in [0.29, 0.717) is 56.0 Å². The van der Waals surface area contributed by atoms with Gasteiger partial charge in [0.2, 0.25) is 5.91 Å². The van der Waals surface area contributed by atoms with Gasteiger partial charge in [0.25, 0.3) is 5.91 Å². The van der Waals surface area contributed by atoms with Gasteiger partial charge in [-0.2, -0.15) is 0 Å². The second kappa shape index (κ2) is 11.7. The van der Waals surface area contributed by atoms with Gasteiger partial charge in [-0.3, -0.25) is 9.59 Å². The Labute approximate surface area is 171 Å². The normalized spacial score (nSPS) is 10.3. The summed E-state index contributed by atoms with van der Waals surface area (Å²) in [6, 6.07) is 12.8. The summed E-state index contributed by atoms with van der Waals surface area (Å²) in [6.45, 7) is 1.46. The van der Waals surface area contributed by atoms with Crippen molar-refractivity contribution in [1.82, 2.24) is 10.6 Å². The maximum Gasteiger partial charge on any atom is 0.251 e. The highest BCUT2D eigenvalue weighted by atomic mass is 16.5. The van der Waals surface area contributed by atoms with E-state index in [4.69, 9.17) is 15.2 Å². The van der Waals surface area contributed by atoms with Gasteiger partial charge in [-0.05, 0) is 48.2 Å². The van der Waals surface area contributed by atoms with E-state index in [1.807, 2.05) is 30.3 Å². The fourth-order valence-electron chi connectivity index (χ4n) is 2.79. The van der Waals surface area contributed by atoms with Crippen molar-refractivity contribution >= 4 is 11.8 Å². The van der Waals surface area contributed by atoms with E-state index in [1.54, 1.807) is 26.4 Å². The van der Waals surface area contributed by atoms with Crippen molar-refractivity contribution < 1.29 is 19.1 Å². The Kier molecular flexibility index (Phi) is 8.98. The van der Waals surface area contributed by atoms with E-state index < -0.39 is 0 Å². The van der Waals surface area contributed by atoms with Crippen LogP contribution in [0.4, 0.5) is 0 Å². The molecule has 0 fully saturated rings. The number of benzene rings is 2. The molecule has 0 spiro atoms. The number of ether oxygens (including phenoxy) is 2. The van der Waals surface area contributed by atoms with Crippen LogP contribution < -0.4 is 25.8 Å². The summed E-state index contributed by atoms with van der Waals surface area (Å²) in [4.78, 5) is 24.1. The molecule has 7 nitrogen and oxygen atoms in total. The number of aryl methyl sites for hydroxylation is 1. The molecule has 2 rings (SSSR count). The molecule has 0 aromatic heterocycles. The third-order valence-corrected chi connectivity index (χ3v) is 4.50. The fraction of sp³-hybridized carbons (Fsp3) is 0.364. The summed E-state index contributed by atoms with van der Waals surface area (Å²) in [5, 5.41) is 5.72. The topological polar surface area (TPSA) is 103 Å². The summed E-state index contributed by atoms with van der Waals surface area (Å²) in [5.41, 5.74) is 8.13. The van der Waals surface area contributed by atoms with Crippen LogP contribution in [0.15, 0.2) is 42.5 Å². The lowest BCUT2D eigenvalue weighted by molar-refractivity contribution is -0.121. The van der Waals surface area contributed by atoms with Crippen LogP contribution in [0.1, 0.15) is 34.3 Å². The minimum Gasteiger partial charge on any atom is -0.493 e. The second-order valence-corrected chi connectivity index (χ2v) is 6.55. The molecule has 0 aliphatic carbocycles. The summed E-state index contributed by atoms with van der Waals surface area (Å²) >= 11 is 0. The first-order valence-electron chi connectivity index (χ1n) is 9.62. The van der Waals surface area contributed by atoms with Gasteiger partial charge in [0.15, 0.2) is 11.5 Å². The Morgan fingerprint density at radius 3 is 2.21 bits per heavy atom. The molecule has 0 bridgehead atoms. The molecule has 0 unspecified atom stereocenters. The second-order valence-electron chi connectivity index (χ2n) is 6.55. The molecular weight excluding hydrogens is 370 g/mol. The minimum atomic E-state index is -0.131. The zero-order valence-electron chi connectivity index (χ0n) is 17.0. The van der Waals surface area contributed by atoms with Crippen molar-refractivity contribution in [3.63, 3.8) is 0 Å². The number of carbonyl (C=O) groups is 2. The minimum absolute atomic E-state index is 0.0246. The molecule has 2 aromatic carbocycles. The smallest absolute Gasteiger partial charge is 0.251 e. The van der Waals surface area contributed by atoms with Crippen molar-refractivity contribution in [2.75, 3.05) is 27.3 Å². The van der Waals surface area contributed by atoms with Gasteiger partial charge < -0.3 is 25.8 Å². The molecule has 2 amide bonds. The lowest BCUT2D eigenvalue weighted by Gasteiger charge is -2.10. The first kappa shape index (κ1) is 22.2. The lowest BCUT2D eigenvalue weighted by Crippen LogP contribution is -2.30. The van der Waals surface area contributed by atoms with Crippen LogP contribution in [0.25, 0.3) is 0 Å². The third-order valence-electron chi connectivity index (χ3n) is 4.50. The van der Waals surface area contributed by atoms with Gasteiger partial charge in [0.05, 0.1) is 14.2 Å². The number of carbonyl (C=O) groups excluding carboxylic acids is 2. The van der Waals surface area contributed by atoms with Crippen molar-refractivity contribution in [2.24, 2.45) is 5.73 Å². The zero-order chi connectivity index (χ0) is 21.1. The maximum absolute atomic E-state index is 12.0. The molecule has 7 heteroatoms. The SMILES string of the molecule is COc1ccc(CCC(=O)NCCCNC(=O)c2ccc(CN)cc2)cc1OC. The van der Waals surface area contributed by atoms with Crippen LogP contribution in [0.3, 0.4) is 0 Å². The molecule has 0 atom stereocenters. The van der Waals surface area contributed by atoms with Crippen molar-refractivity contribution in [3.05, 3.63) is 59.2 Å². The molecule has 0 aliphatic heterocycles. The third kappa shape index (κ3) is 7.12. The molecule has 0 saturated carbocycles. The number of methoxy groups -OCH3 is 2. The summed E-state index contributed by atoms with van der Waals surface area (Å²) < 4.78 is 10.5. The lowest BCUT2D eigenvalue weighted by atomic mass is 10.1. The molecule has 29 heavy (non-hydrogen) atoms. The Morgan fingerprint density at radius 2 is 1.55 bits per heavy atom. The van der Waals surface area contributed by atoms with Crippen LogP contribution in [0.5, 0.6) is 11.5 Å². The number of hydrogen-bond acceptors (Lipinski definition) is 5. The standard InChI is InChI=1S/C22H29N3O4/c1-28-19-10-6-16(14-20(19)29-2)7-11-21(26)24-12-3-13-25-22(27)18-8-4-17(15-23)5-9-18/h4-6,8-10,14H,3,7,11-13,15,23H2,1-2H3,(H,24,26)(H,25,27). The number of nitrogens with two attached hydrogens (primary N) is 1. The van der Waals surface area contributed by atoms with E-state index in [-0.39, 0.29) is 11.8 Å². The highest BCUT2D eigenvalue weighted by Gasteiger charge is 2.07. The first-order chi connectivity index (χ1) is 14.1. The molecule has 156 valence electrons. The highest BCUT2D eigenvalue weighted by Crippen LogP contribution is 2.27. The van der Waals surface area contributed by atoms with Crippen LogP contribution in [-0.4, -0.2) is 39.1 Å².